The van der Waals surface area contributed by atoms with Gasteiger partial charge in [-0.2, -0.15) is 0 Å². The van der Waals surface area contributed by atoms with Crippen LogP contribution in [0.5, 0.6) is 5.75 Å². The highest BCUT2D eigenvalue weighted by atomic mass is 19.3. The standard InChI is InChI=1S/C18H22BF2NO7/c1-10(2)16(24)27-9-28-17(25)12-6-4-5-11-7-13(19(26)29-15(11)12)22-14(23)8-18(3,20)21/h4-6,10,13,26H,7-9H2,1-3H3,(H,22,23)/t13-/m0/s1. The maximum absolute atomic E-state index is 13.0. The van der Waals surface area contributed by atoms with Crippen LogP contribution < -0.4 is 9.97 Å². The molecule has 0 unspecified atom stereocenters. The smallest absolute Gasteiger partial charge is 0.534 e. The third kappa shape index (κ3) is 6.42. The second-order valence-corrected chi connectivity index (χ2v) is 7.10. The van der Waals surface area contributed by atoms with Crippen LogP contribution >= 0.6 is 0 Å². The van der Waals surface area contributed by atoms with Gasteiger partial charge in [0.05, 0.1) is 18.3 Å². The predicted molar refractivity (Wildman–Crippen MR) is 97.1 cm³/mol. The van der Waals surface area contributed by atoms with Crippen LogP contribution in [0, 0.1) is 5.92 Å². The maximum atomic E-state index is 13.0. The third-order valence-electron chi connectivity index (χ3n) is 4.02. The highest BCUT2D eigenvalue weighted by Crippen LogP contribution is 2.31. The van der Waals surface area contributed by atoms with Gasteiger partial charge in [-0.05, 0) is 25.0 Å². The molecule has 0 saturated carbocycles. The maximum Gasteiger partial charge on any atom is 0.547 e. The van der Waals surface area contributed by atoms with E-state index in [0.717, 1.165) is 0 Å². The van der Waals surface area contributed by atoms with Crippen molar-refractivity contribution in [1.29, 1.82) is 0 Å². The summed E-state index contributed by atoms with van der Waals surface area (Å²) in [4.78, 5) is 35.4. The Kier molecular flexibility index (Phi) is 7.18. The van der Waals surface area contributed by atoms with E-state index in [2.05, 4.69) is 5.32 Å². The lowest BCUT2D eigenvalue weighted by Crippen LogP contribution is -2.53. The molecular formula is C18H22BF2NO7. The van der Waals surface area contributed by atoms with Crippen molar-refractivity contribution in [3.8, 4) is 5.75 Å². The Labute approximate surface area is 166 Å². The Balaban J connectivity index is 2.04. The van der Waals surface area contributed by atoms with Gasteiger partial charge in [-0.15, -0.1) is 0 Å². The quantitative estimate of drug-likeness (QED) is 0.396. The number of para-hydroxylation sites is 1. The van der Waals surface area contributed by atoms with Crippen LogP contribution in [0.1, 0.15) is 43.1 Å². The second-order valence-electron chi connectivity index (χ2n) is 7.10. The van der Waals surface area contributed by atoms with Crippen LogP contribution in [0.4, 0.5) is 8.78 Å². The molecule has 11 heteroatoms. The van der Waals surface area contributed by atoms with Gasteiger partial charge >= 0.3 is 19.1 Å². The molecule has 1 heterocycles. The van der Waals surface area contributed by atoms with E-state index in [0.29, 0.717) is 12.5 Å². The van der Waals surface area contributed by atoms with Crippen molar-refractivity contribution in [1.82, 2.24) is 5.32 Å². The fourth-order valence-electron chi connectivity index (χ4n) is 2.63. The first-order valence-electron chi connectivity index (χ1n) is 8.95. The average molecular weight is 413 g/mol. The predicted octanol–water partition coefficient (Wildman–Crippen LogP) is 1.48. The SMILES string of the molecule is CC(C)C(=O)OCOC(=O)c1cccc2c1OB(O)[C@@H](NC(=O)CC(C)(F)F)C2. The summed E-state index contributed by atoms with van der Waals surface area (Å²) in [6.07, 6.45) is -0.967. The van der Waals surface area contributed by atoms with Gasteiger partial charge in [-0.3, -0.25) is 9.59 Å². The van der Waals surface area contributed by atoms with Crippen LogP contribution in [0.2, 0.25) is 0 Å². The molecule has 1 aromatic carbocycles. The number of halogens is 2. The minimum atomic E-state index is -3.18. The molecule has 0 aliphatic carbocycles. The van der Waals surface area contributed by atoms with Crippen LogP contribution in [0.25, 0.3) is 0 Å². The molecule has 1 atom stereocenters. The Morgan fingerprint density at radius 2 is 2.03 bits per heavy atom. The Bertz CT molecular complexity index is 782. The zero-order chi connectivity index (χ0) is 21.8. The molecular weight excluding hydrogens is 391 g/mol. The molecule has 1 amide bonds. The van der Waals surface area contributed by atoms with Crippen molar-refractivity contribution in [3.63, 3.8) is 0 Å². The van der Waals surface area contributed by atoms with Gasteiger partial charge < -0.3 is 24.5 Å². The number of carbonyl (C=O) groups excluding carboxylic acids is 3. The largest absolute Gasteiger partial charge is 0.547 e. The molecule has 0 bridgehead atoms. The van der Waals surface area contributed by atoms with E-state index in [1.807, 2.05) is 0 Å². The van der Waals surface area contributed by atoms with Crippen molar-refractivity contribution in [3.05, 3.63) is 29.3 Å². The molecule has 0 aromatic heterocycles. The molecule has 29 heavy (non-hydrogen) atoms. The van der Waals surface area contributed by atoms with Gasteiger partial charge in [0, 0.05) is 0 Å². The lowest BCUT2D eigenvalue weighted by Gasteiger charge is -2.29. The van der Waals surface area contributed by atoms with Gasteiger partial charge in [0.1, 0.15) is 11.3 Å². The van der Waals surface area contributed by atoms with E-state index in [-0.39, 0.29) is 23.7 Å². The van der Waals surface area contributed by atoms with Crippen molar-refractivity contribution in [2.45, 2.75) is 45.5 Å². The van der Waals surface area contributed by atoms with Crippen molar-refractivity contribution in [2.24, 2.45) is 5.92 Å². The van der Waals surface area contributed by atoms with Crippen LogP contribution in [-0.4, -0.2) is 48.6 Å². The molecule has 158 valence electrons. The van der Waals surface area contributed by atoms with E-state index in [1.54, 1.807) is 19.9 Å². The van der Waals surface area contributed by atoms with Crippen molar-refractivity contribution < 1.29 is 42.3 Å². The molecule has 0 fully saturated rings. The molecule has 1 aromatic rings. The zero-order valence-corrected chi connectivity index (χ0v) is 16.2. The summed E-state index contributed by atoms with van der Waals surface area (Å²) < 4.78 is 40.9. The van der Waals surface area contributed by atoms with Gasteiger partial charge in [0.25, 0.3) is 5.92 Å². The molecule has 2 N–H and O–H groups in total. The number of nitrogens with one attached hydrogen (secondary N) is 1. The van der Waals surface area contributed by atoms with E-state index in [4.69, 9.17) is 14.1 Å². The lowest BCUT2D eigenvalue weighted by atomic mass is 9.72. The number of hydrogen-bond donors (Lipinski definition) is 2. The number of hydrogen-bond acceptors (Lipinski definition) is 7. The van der Waals surface area contributed by atoms with Gasteiger partial charge in [0.15, 0.2) is 0 Å². The molecule has 8 nitrogen and oxygen atoms in total. The summed E-state index contributed by atoms with van der Waals surface area (Å²) in [5.41, 5.74) is 0.462. The molecule has 0 radical (unpaired) electrons. The molecule has 1 aliphatic heterocycles. The summed E-state index contributed by atoms with van der Waals surface area (Å²) in [7, 11) is -1.55. The van der Waals surface area contributed by atoms with Crippen molar-refractivity contribution in [2.75, 3.05) is 6.79 Å². The van der Waals surface area contributed by atoms with E-state index in [1.165, 1.54) is 12.1 Å². The number of carbonyl (C=O) groups is 3. The Morgan fingerprint density at radius 3 is 2.66 bits per heavy atom. The fraction of sp³-hybridized carbons (Fsp3) is 0.500. The van der Waals surface area contributed by atoms with Crippen LogP contribution in [-0.2, 0) is 25.5 Å². The summed E-state index contributed by atoms with van der Waals surface area (Å²) in [5, 5.41) is 12.4. The topological polar surface area (TPSA) is 111 Å². The number of rotatable bonds is 7. The molecule has 0 saturated heterocycles. The first kappa shape index (κ1) is 22.6. The molecule has 1 aliphatic rings. The number of alkyl halides is 2. The van der Waals surface area contributed by atoms with Gasteiger partial charge in [-0.25, -0.2) is 13.6 Å². The summed E-state index contributed by atoms with van der Waals surface area (Å²) >= 11 is 0. The Morgan fingerprint density at radius 1 is 1.34 bits per heavy atom. The second kappa shape index (κ2) is 9.21. The molecule has 2 rings (SSSR count). The number of amides is 1. The minimum absolute atomic E-state index is 0.00739. The Hall–Kier alpha value is -2.69. The lowest BCUT2D eigenvalue weighted by molar-refractivity contribution is -0.155. The minimum Gasteiger partial charge on any atom is -0.534 e. The van der Waals surface area contributed by atoms with Crippen LogP contribution in [0.3, 0.4) is 0 Å². The summed E-state index contributed by atoms with van der Waals surface area (Å²) in [6.45, 7) is 3.30. The normalized spacial score (nSPS) is 16.0. The van der Waals surface area contributed by atoms with Crippen LogP contribution in [0.15, 0.2) is 18.2 Å². The van der Waals surface area contributed by atoms with E-state index >= 15 is 0 Å². The summed E-state index contributed by atoms with van der Waals surface area (Å²) in [6, 6.07) is 4.54. The van der Waals surface area contributed by atoms with E-state index in [9.17, 15) is 28.2 Å². The zero-order valence-electron chi connectivity index (χ0n) is 16.2. The fourth-order valence-corrected chi connectivity index (χ4v) is 2.63. The number of fused-ring (bicyclic) bond motifs is 1. The number of ether oxygens (including phenoxy) is 2. The monoisotopic (exact) mass is 413 g/mol. The first-order chi connectivity index (χ1) is 13.5. The van der Waals surface area contributed by atoms with E-state index < -0.39 is 50.0 Å². The first-order valence-corrected chi connectivity index (χ1v) is 8.95. The number of esters is 2. The third-order valence-corrected chi connectivity index (χ3v) is 4.02. The van der Waals surface area contributed by atoms with Gasteiger partial charge in [0.2, 0.25) is 12.7 Å². The summed E-state index contributed by atoms with van der Waals surface area (Å²) in [5.74, 6) is -6.78. The highest BCUT2D eigenvalue weighted by Gasteiger charge is 2.39. The van der Waals surface area contributed by atoms with Gasteiger partial charge in [-0.1, -0.05) is 26.0 Å². The molecule has 0 spiro atoms. The highest BCUT2D eigenvalue weighted by molar-refractivity contribution is 6.47. The van der Waals surface area contributed by atoms with Crippen molar-refractivity contribution >= 4 is 25.0 Å². The number of benzene rings is 1. The average Bonchev–Trinajstić information content (AvgIpc) is 2.59.